The van der Waals surface area contributed by atoms with Crippen LogP contribution in [0.25, 0.3) is 11.1 Å². The second kappa shape index (κ2) is 9.31. The lowest BCUT2D eigenvalue weighted by atomic mass is 9.98. The zero-order chi connectivity index (χ0) is 22.6. The summed E-state index contributed by atoms with van der Waals surface area (Å²) in [4.78, 5) is 16.9. The van der Waals surface area contributed by atoms with E-state index in [1.165, 1.54) is 6.07 Å². The number of ether oxygens (including phenoxy) is 2. The van der Waals surface area contributed by atoms with Crippen molar-refractivity contribution in [1.82, 2.24) is 9.55 Å². The normalized spacial score (nSPS) is 11.4. The van der Waals surface area contributed by atoms with Crippen molar-refractivity contribution in [3.05, 3.63) is 71.3 Å². The quantitative estimate of drug-likeness (QED) is 0.562. The predicted octanol–water partition coefficient (Wildman–Crippen LogP) is 4.55. The van der Waals surface area contributed by atoms with Crippen molar-refractivity contribution in [2.24, 2.45) is 5.73 Å². The van der Waals surface area contributed by atoms with Crippen LogP contribution >= 0.6 is 0 Å². The molecule has 0 fully saturated rings. The Morgan fingerprint density at radius 2 is 1.94 bits per heavy atom. The Hall–Kier alpha value is -3.19. The Balaban J connectivity index is 1.93. The number of benzene rings is 2. The molecule has 0 unspecified atom stereocenters. The number of halogens is 1. The van der Waals surface area contributed by atoms with Crippen molar-refractivity contribution < 1.29 is 18.7 Å². The van der Waals surface area contributed by atoms with Crippen LogP contribution < -0.4 is 10.5 Å². The molecule has 0 atom stereocenters. The molecule has 2 N–H and O–H groups in total. The fourth-order valence-corrected chi connectivity index (χ4v) is 3.23. The van der Waals surface area contributed by atoms with E-state index in [0.29, 0.717) is 34.9 Å². The van der Waals surface area contributed by atoms with Gasteiger partial charge in [-0.3, -0.25) is 4.57 Å². The van der Waals surface area contributed by atoms with Gasteiger partial charge >= 0.3 is 5.97 Å². The van der Waals surface area contributed by atoms with Gasteiger partial charge in [0, 0.05) is 12.1 Å². The molecular weight excluding hydrogens is 397 g/mol. The molecule has 1 aromatic heterocycles. The molecular formula is C24H28FN3O3. The Bertz CT molecular complexity index is 1070. The van der Waals surface area contributed by atoms with Crippen LogP contribution in [0.4, 0.5) is 4.39 Å². The molecule has 0 radical (unpaired) electrons. The van der Waals surface area contributed by atoms with E-state index in [0.717, 1.165) is 5.69 Å². The molecule has 0 aliphatic heterocycles. The van der Waals surface area contributed by atoms with Gasteiger partial charge in [-0.1, -0.05) is 30.3 Å². The molecule has 6 nitrogen and oxygen atoms in total. The maximum Gasteiger partial charge on any atom is 0.339 e. The minimum atomic E-state index is -0.622. The van der Waals surface area contributed by atoms with Gasteiger partial charge in [0.1, 0.15) is 11.4 Å². The third-order valence-electron chi connectivity index (χ3n) is 4.62. The molecule has 1 heterocycles. The molecule has 0 saturated heterocycles. The van der Waals surface area contributed by atoms with E-state index in [-0.39, 0.29) is 13.1 Å². The van der Waals surface area contributed by atoms with E-state index in [2.05, 4.69) is 4.98 Å². The van der Waals surface area contributed by atoms with Gasteiger partial charge in [0.2, 0.25) is 0 Å². The number of rotatable bonds is 7. The highest BCUT2D eigenvalue weighted by Crippen LogP contribution is 2.28. The number of esters is 1. The monoisotopic (exact) mass is 425 g/mol. The second-order valence-corrected chi connectivity index (χ2v) is 8.11. The molecule has 0 aliphatic rings. The van der Waals surface area contributed by atoms with E-state index in [1.54, 1.807) is 41.1 Å². The zero-order valence-corrected chi connectivity index (χ0v) is 18.3. The lowest BCUT2D eigenvalue weighted by Gasteiger charge is -2.20. The fourth-order valence-electron chi connectivity index (χ4n) is 3.23. The van der Waals surface area contributed by atoms with E-state index in [9.17, 15) is 4.79 Å². The third-order valence-corrected chi connectivity index (χ3v) is 4.62. The highest BCUT2D eigenvalue weighted by molar-refractivity contribution is 5.97. The van der Waals surface area contributed by atoms with Gasteiger partial charge in [-0.15, -0.1) is 0 Å². The van der Waals surface area contributed by atoms with Crippen molar-refractivity contribution in [1.29, 1.82) is 0 Å². The summed E-state index contributed by atoms with van der Waals surface area (Å²) in [7, 11) is 0. The summed E-state index contributed by atoms with van der Waals surface area (Å²) in [5, 5.41) is 0. The molecule has 0 bridgehead atoms. The van der Waals surface area contributed by atoms with Gasteiger partial charge < -0.3 is 15.2 Å². The van der Waals surface area contributed by atoms with E-state index >= 15 is 4.39 Å². The smallest absolute Gasteiger partial charge is 0.339 e. The second-order valence-electron chi connectivity index (χ2n) is 8.11. The summed E-state index contributed by atoms with van der Waals surface area (Å²) < 4.78 is 27.9. The summed E-state index contributed by atoms with van der Waals surface area (Å²) in [6, 6.07) is 12.4. The van der Waals surface area contributed by atoms with Crippen molar-refractivity contribution in [2.75, 3.05) is 6.61 Å². The van der Waals surface area contributed by atoms with E-state index < -0.39 is 17.4 Å². The Morgan fingerprint density at radius 3 is 2.58 bits per heavy atom. The zero-order valence-electron chi connectivity index (χ0n) is 18.3. The van der Waals surface area contributed by atoms with Crippen LogP contribution in [0.5, 0.6) is 6.01 Å². The van der Waals surface area contributed by atoms with Crippen LogP contribution in [-0.2, 0) is 17.8 Å². The first-order valence-electron chi connectivity index (χ1n) is 10.2. The maximum atomic E-state index is 15.1. The van der Waals surface area contributed by atoms with Crippen LogP contribution in [0.2, 0.25) is 0 Å². The van der Waals surface area contributed by atoms with Crippen molar-refractivity contribution in [2.45, 2.75) is 46.4 Å². The summed E-state index contributed by atoms with van der Waals surface area (Å²) in [6.45, 7) is 8.24. The third kappa shape index (κ3) is 5.30. The van der Waals surface area contributed by atoms with Crippen molar-refractivity contribution >= 4 is 5.97 Å². The number of nitrogens with two attached hydrogens (primary N) is 1. The van der Waals surface area contributed by atoms with Crippen molar-refractivity contribution in [3.63, 3.8) is 0 Å². The van der Waals surface area contributed by atoms with Gasteiger partial charge in [-0.2, -0.15) is 0 Å². The number of hydrogen-bond donors (Lipinski definition) is 1. The average molecular weight is 426 g/mol. The van der Waals surface area contributed by atoms with Crippen LogP contribution in [-0.4, -0.2) is 27.7 Å². The highest BCUT2D eigenvalue weighted by atomic mass is 19.1. The summed E-state index contributed by atoms with van der Waals surface area (Å²) in [5.41, 5.74) is 7.98. The molecule has 0 amide bonds. The van der Waals surface area contributed by atoms with Crippen LogP contribution in [0.3, 0.4) is 0 Å². The Kier molecular flexibility index (Phi) is 6.75. The highest BCUT2D eigenvalue weighted by Gasteiger charge is 2.21. The standard InChI is InChI=1S/C24H28FN3O3/c1-5-30-23-27-14-18(13-26)28(23)15-17-11-10-16(12-21(17)25)19-8-6-7-9-20(19)22(29)31-24(2,3)4/h6-12,14H,5,13,15,26H2,1-4H3. The number of carbonyl (C=O) groups is 1. The number of nitrogens with zero attached hydrogens (tertiary/aromatic N) is 2. The Morgan fingerprint density at radius 1 is 1.19 bits per heavy atom. The summed E-state index contributed by atoms with van der Waals surface area (Å²) >= 11 is 0. The first-order chi connectivity index (χ1) is 14.7. The molecule has 164 valence electrons. The number of carbonyl (C=O) groups excluding carboxylic acids is 1. The first-order valence-corrected chi connectivity index (χ1v) is 10.2. The minimum Gasteiger partial charge on any atom is -0.465 e. The molecule has 3 rings (SSSR count). The maximum absolute atomic E-state index is 15.1. The first kappa shape index (κ1) is 22.5. The van der Waals surface area contributed by atoms with E-state index in [4.69, 9.17) is 15.2 Å². The number of imidazole rings is 1. The van der Waals surface area contributed by atoms with Gasteiger partial charge in [-0.25, -0.2) is 14.2 Å². The molecule has 0 spiro atoms. The molecule has 2 aromatic carbocycles. The number of aromatic nitrogens is 2. The van der Waals surface area contributed by atoms with Crippen LogP contribution in [0.1, 0.15) is 49.3 Å². The predicted molar refractivity (Wildman–Crippen MR) is 117 cm³/mol. The number of hydrogen-bond acceptors (Lipinski definition) is 5. The van der Waals surface area contributed by atoms with Gasteiger partial charge in [0.25, 0.3) is 6.01 Å². The molecule has 31 heavy (non-hydrogen) atoms. The summed E-state index contributed by atoms with van der Waals surface area (Å²) in [5.74, 6) is -0.837. The molecule has 3 aromatic rings. The fraction of sp³-hybridized carbons (Fsp3) is 0.333. The molecule has 0 saturated carbocycles. The average Bonchev–Trinajstić information content (AvgIpc) is 3.10. The van der Waals surface area contributed by atoms with Gasteiger partial charge in [0.05, 0.1) is 30.6 Å². The SMILES string of the molecule is CCOc1ncc(CN)n1Cc1ccc(-c2ccccc2C(=O)OC(C)(C)C)cc1F. The largest absolute Gasteiger partial charge is 0.465 e. The lowest BCUT2D eigenvalue weighted by Crippen LogP contribution is -2.24. The Labute approximate surface area is 181 Å². The molecule has 0 aliphatic carbocycles. The van der Waals surface area contributed by atoms with Gasteiger partial charge in [-0.05, 0) is 51.0 Å². The minimum absolute atomic E-state index is 0.238. The lowest BCUT2D eigenvalue weighted by molar-refractivity contribution is 0.00704. The van der Waals surface area contributed by atoms with Gasteiger partial charge in [0.15, 0.2) is 0 Å². The van der Waals surface area contributed by atoms with E-state index in [1.807, 2.05) is 33.8 Å². The topological polar surface area (TPSA) is 79.4 Å². The van der Waals surface area contributed by atoms with Crippen LogP contribution in [0, 0.1) is 5.82 Å². The summed E-state index contributed by atoms with van der Waals surface area (Å²) in [6.07, 6.45) is 1.63. The molecule has 7 heteroatoms. The van der Waals surface area contributed by atoms with Crippen molar-refractivity contribution in [3.8, 4) is 17.1 Å². The van der Waals surface area contributed by atoms with Crippen LogP contribution in [0.15, 0.2) is 48.7 Å².